The molecule has 0 unspecified atom stereocenters. The zero-order valence-electron chi connectivity index (χ0n) is 19.8. The van der Waals surface area contributed by atoms with Gasteiger partial charge in [0.05, 0.1) is 18.0 Å². The van der Waals surface area contributed by atoms with Crippen molar-refractivity contribution < 1.29 is 9.53 Å². The van der Waals surface area contributed by atoms with Crippen LogP contribution in [0, 0.1) is 0 Å². The van der Waals surface area contributed by atoms with Crippen molar-refractivity contribution in [3.63, 3.8) is 0 Å². The predicted octanol–water partition coefficient (Wildman–Crippen LogP) is 3.92. The second-order valence-corrected chi connectivity index (χ2v) is 9.31. The summed E-state index contributed by atoms with van der Waals surface area (Å²) in [6.07, 6.45) is 6.98. The number of fused-ring (bicyclic) bond motifs is 2. The molecule has 2 aliphatic rings. The Labute approximate surface area is 199 Å². The molecule has 178 valence electrons. The number of ether oxygens (including phenoxy) is 1. The molecule has 3 heterocycles. The van der Waals surface area contributed by atoms with E-state index in [2.05, 4.69) is 22.3 Å². The van der Waals surface area contributed by atoms with E-state index in [0.717, 1.165) is 69.7 Å². The Hall–Kier alpha value is -3.35. The molecule has 0 spiro atoms. The minimum atomic E-state index is -0.0987. The Balaban J connectivity index is 1.26. The van der Waals surface area contributed by atoms with Gasteiger partial charge < -0.3 is 15.0 Å². The first-order valence-corrected chi connectivity index (χ1v) is 12.4. The average Bonchev–Trinajstić information content (AvgIpc) is 2.85. The van der Waals surface area contributed by atoms with E-state index >= 15 is 0 Å². The summed E-state index contributed by atoms with van der Waals surface area (Å²) in [5.74, 6) is 1.60. The van der Waals surface area contributed by atoms with Crippen molar-refractivity contribution in [1.29, 1.82) is 0 Å². The van der Waals surface area contributed by atoms with Crippen LogP contribution in [0.3, 0.4) is 0 Å². The van der Waals surface area contributed by atoms with Gasteiger partial charge in [-0.25, -0.2) is 4.98 Å². The summed E-state index contributed by atoms with van der Waals surface area (Å²) in [4.78, 5) is 33.2. The normalized spacial score (nSPS) is 17.0. The molecular formula is C27H32N4O3. The fourth-order valence-corrected chi connectivity index (χ4v) is 5.08. The van der Waals surface area contributed by atoms with E-state index < -0.39 is 0 Å². The summed E-state index contributed by atoms with van der Waals surface area (Å²) in [5.41, 5.74) is 2.37. The fourth-order valence-electron chi connectivity index (χ4n) is 5.08. The Morgan fingerprint density at radius 2 is 1.76 bits per heavy atom. The molecule has 5 rings (SSSR count). The molecule has 7 heteroatoms. The van der Waals surface area contributed by atoms with E-state index in [4.69, 9.17) is 9.72 Å². The first-order valence-electron chi connectivity index (χ1n) is 12.4. The number of nitrogens with one attached hydrogen (secondary N) is 1. The molecule has 7 nitrogen and oxygen atoms in total. The lowest BCUT2D eigenvalue weighted by Crippen LogP contribution is -2.44. The summed E-state index contributed by atoms with van der Waals surface area (Å²) in [6.45, 7) is 2.51. The molecule has 1 amide bonds. The molecule has 1 aromatic heterocycles. The lowest BCUT2D eigenvalue weighted by atomic mass is 10.0. The highest BCUT2D eigenvalue weighted by atomic mass is 16.5. The number of hydrogen-bond acceptors (Lipinski definition) is 5. The monoisotopic (exact) mass is 460 g/mol. The predicted molar refractivity (Wildman–Crippen MR) is 134 cm³/mol. The average molecular weight is 461 g/mol. The van der Waals surface area contributed by atoms with Crippen molar-refractivity contribution in [2.75, 3.05) is 25.1 Å². The largest absolute Gasteiger partial charge is 0.497 e. The SMILES string of the molecule is COc1ccc(N2CCC(NC(=O)c3ccc4c(=O)n5c(nc4c3)CCCCCC5)CC2)cc1. The number of benzene rings is 2. The second-order valence-electron chi connectivity index (χ2n) is 9.31. The number of aromatic nitrogens is 2. The van der Waals surface area contributed by atoms with Crippen molar-refractivity contribution >= 4 is 22.5 Å². The molecule has 0 radical (unpaired) electrons. The summed E-state index contributed by atoms with van der Waals surface area (Å²) in [5, 5.41) is 3.78. The summed E-state index contributed by atoms with van der Waals surface area (Å²) in [6, 6.07) is 13.5. The first-order chi connectivity index (χ1) is 16.6. The molecule has 1 fully saturated rings. The number of amides is 1. The van der Waals surface area contributed by atoms with E-state index in [1.165, 1.54) is 12.1 Å². The molecule has 2 aliphatic heterocycles. The van der Waals surface area contributed by atoms with Gasteiger partial charge in [-0.2, -0.15) is 0 Å². The maximum atomic E-state index is 13.0. The molecule has 34 heavy (non-hydrogen) atoms. The van der Waals surface area contributed by atoms with E-state index in [9.17, 15) is 9.59 Å². The van der Waals surface area contributed by atoms with Gasteiger partial charge in [-0.15, -0.1) is 0 Å². The van der Waals surface area contributed by atoms with Crippen LogP contribution in [-0.2, 0) is 13.0 Å². The van der Waals surface area contributed by atoms with Crippen molar-refractivity contribution in [2.24, 2.45) is 0 Å². The summed E-state index contributed by atoms with van der Waals surface area (Å²) in [7, 11) is 1.67. The van der Waals surface area contributed by atoms with Crippen LogP contribution in [0.2, 0.25) is 0 Å². The minimum absolute atomic E-state index is 0.0137. The van der Waals surface area contributed by atoms with Gasteiger partial charge in [0, 0.05) is 43.3 Å². The molecule has 0 aliphatic carbocycles. The summed E-state index contributed by atoms with van der Waals surface area (Å²) < 4.78 is 7.07. The first kappa shape index (κ1) is 22.4. The Morgan fingerprint density at radius 1 is 1.00 bits per heavy atom. The van der Waals surface area contributed by atoms with Crippen LogP contribution >= 0.6 is 0 Å². The zero-order chi connectivity index (χ0) is 23.5. The second kappa shape index (κ2) is 9.87. The molecule has 0 saturated carbocycles. The smallest absolute Gasteiger partial charge is 0.261 e. The molecule has 0 atom stereocenters. The number of carbonyl (C=O) groups is 1. The molecule has 2 aromatic carbocycles. The van der Waals surface area contributed by atoms with Crippen LogP contribution in [0.4, 0.5) is 5.69 Å². The number of aryl methyl sites for hydroxylation is 1. The lowest BCUT2D eigenvalue weighted by molar-refractivity contribution is 0.0931. The van der Waals surface area contributed by atoms with Gasteiger partial charge in [-0.05, 0) is 68.1 Å². The highest BCUT2D eigenvalue weighted by Gasteiger charge is 2.22. The van der Waals surface area contributed by atoms with Gasteiger partial charge in [0.1, 0.15) is 11.6 Å². The Morgan fingerprint density at radius 3 is 2.53 bits per heavy atom. The van der Waals surface area contributed by atoms with E-state index in [-0.39, 0.29) is 17.5 Å². The quantitative estimate of drug-likeness (QED) is 0.639. The number of piperidine rings is 1. The van der Waals surface area contributed by atoms with E-state index in [1.807, 2.05) is 16.7 Å². The number of methoxy groups -OCH3 is 1. The standard InChI is InChI=1S/C27H32N4O3/c1-34-22-10-8-21(9-11-22)30-16-13-20(14-17-30)28-26(32)19-7-12-23-24(18-19)29-25-6-4-2-3-5-15-31(25)27(23)33/h7-12,18,20H,2-6,13-17H2,1H3,(H,28,32). The van der Waals surface area contributed by atoms with Gasteiger partial charge in [0.25, 0.3) is 11.5 Å². The van der Waals surface area contributed by atoms with Gasteiger partial charge in [0.2, 0.25) is 0 Å². The van der Waals surface area contributed by atoms with Crippen LogP contribution in [0.5, 0.6) is 5.75 Å². The molecule has 1 saturated heterocycles. The lowest BCUT2D eigenvalue weighted by Gasteiger charge is -2.34. The molecule has 1 N–H and O–H groups in total. The number of nitrogens with zero attached hydrogens (tertiary/aromatic N) is 3. The zero-order valence-corrected chi connectivity index (χ0v) is 19.8. The van der Waals surface area contributed by atoms with Crippen LogP contribution in [0.15, 0.2) is 47.3 Å². The fraction of sp³-hybridized carbons (Fsp3) is 0.444. The number of hydrogen-bond donors (Lipinski definition) is 1. The van der Waals surface area contributed by atoms with E-state index in [0.29, 0.717) is 16.5 Å². The maximum Gasteiger partial charge on any atom is 0.261 e. The molecule has 3 aromatic rings. The van der Waals surface area contributed by atoms with Crippen molar-refractivity contribution in [2.45, 2.75) is 57.5 Å². The van der Waals surface area contributed by atoms with Gasteiger partial charge in [0.15, 0.2) is 0 Å². The maximum absolute atomic E-state index is 13.0. The Kier molecular flexibility index (Phi) is 6.52. The van der Waals surface area contributed by atoms with Crippen molar-refractivity contribution in [3.8, 4) is 5.75 Å². The van der Waals surface area contributed by atoms with Gasteiger partial charge >= 0.3 is 0 Å². The molecule has 0 bridgehead atoms. The molecular weight excluding hydrogens is 428 g/mol. The van der Waals surface area contributed by atoms with Crippen LogP contribution < -0.4 is 20.5 Å². The summed E-state index contributed by atoms with van der Waals surface area (Å²) >= 11 is 0. The third kappa shape index (κ3) is 4.65. The van der Waals surface area contributed by atoms with Crippen LogP contribution in [0.1, 0.15) is 54.7 Å². The number of rotatable bonds is 4. The third-order valence-corrected chi connectivity index (χ3v) is 7.10. The van der Waals surface area contributed by atoms with Crippen LogP contribution in [0.25, 0.3) is 10.9 Å². The minimum Gasteiger partial charge on any atom is -0.497 e. The van der Waals surface area contributed by atoms with Crippen LogP contribution in [-0.4, -0.2) is 41.7 Å². The van der Waals surface area contributed by atoms with Gasteiger partial charge in [-0.3, -0.25) is 14.2 Å². The van der Waals surface area contributed by atoms with Crippen molar-refractivity contribution in [1.82, 2.24) is 14.9 Å². The van der Waals surface area contributed by atoms with Crippen molar-refractivity contribution in [3.05, 3.63) is 64.2 Å². The number of anilines is 1. The topological polar surface area (TPSA) is 76.5 Å². The number of carbonyl (C=O) groups excluding carboxylic acids is 1. The third-order valence-electron chi connectivity index (χ3n) is 7.10. The van der Waals surface area contributed by atoms with Gasteiger partial charge in [-0.1, -0.05) is 12.8 Å². The van der Waals surface area contributed by atoms with E-state index in [1.54, 1.807) is 25.3 Å². The highest BCUT2D eigenvalue weighted by Crippen LogP contribution is 2.23. The Bertz CT molecular complexity index is 1230. The highest BCUT2D eigenvalue weighted by molar-refractivity contribution is 5.97.